The van der Waals surface area contributed by atoms with Gasteiger partial charge in [0.15, 0.2) is 0 Å². The van der Waals surface area contributed by atoms with Gasteiger partial charge in [-0.2, -0.15) is 0 Å². The Morgan fingerprint density at radius 3 is 2.55 bits per heavy atom. The predicted octanol–water partition coefficient (Wildman–Crippen LogP) is 2.99. The third-order valence-corrected chi connectivity index (χ3v) is 2.76. The molecule has 0 spiro atoms. The van der Waals surface area contributed by atoms with Crippen LogP contribution in [0.25, 0.3) is 0 Å². The molecular weight excluding hydrogens is 265 g/mol. The fourth-order valence-corrected chi connectivity index (χ4v) is 1.93. The summed E-state index contributed by atoms with van der Waals surface area (Å²) < 4.78 is 24.1. The molecule has 1 atom stereocenters. The number of hydrogen-bond donors (Lipinski definition) is 0. The first-order valence-electron chi connectivity index (χ1n) is 6.13. The number of carbonyl (C=O) groups excluding carboxylic acids is 2. The van der Waals surface area contributed by atoms with Crippen LogP contribution >= 0.6 is 0 Å². The number of nitrogens with zero attached hydrogens (tertiary/aromatic N) is 1. The molecule has 1 aromatic carbocycles. The van der Waals surface area contributed by atoms with Crippen LogP contribution in [0.15, 0.2) is 18.2 Å². The van der Waals surface area contributed by atoms with Crippen molar-refractivity contribution >= 4 is 17.7 Å². The number of anilines is 1. The van der Waals surface area contributed by atoms with Crippen molar-refractivity contribution < 1.29 is 23.5 Å². The van der Waals surface area contributed by atoms with Crippen molar-refractivity contribution in [3.05, 3.63) is 23.8 Å². The van der Waals surface area contributed by atoms with Gasteiger partial charge in [-0.25, -0.2) is 14.1 Å². The Labute approximate surface area is 116 Å². The van der Waals surface area contributed by atoms with E-state index >= 15 is 0 Å². The summed E-state index contributed by atoms with van der Waals surface area (Å²) in [5.41, 5.74) is -0.462. The van der Waals surface area contributed by atoms with Crippen LogP contribution in [0.1, 0.15) is 32.5 Å². The molecule has 1 aliphatic rings. The van der Waals surface area contributed by atoms with Crippen LogP contribution in [0, 0.1) is 0 Å². The summed E-state index contributed by atoms with van der Waals surface area (Å²) in [5, 5.41) is 0. The van der Waals surface area contributed by atoms with Gasteiger partial charge in [-0.1, -0.05) is 0 Å². The second-order valence-electron chi connectivity index (χ2n) is 5.44. The minimum Gasteiger partial charge on any atom is -0.497 e. The molecule has 1 aromatic rings. The van der Waals surface area contributed by atoms with Crippen LogP contribution in [0.5, 0.6) is 5.75 Å². The summed E-state index contributed by atoms with van der Waals surface area (Å²) in [7, 11) is 1.44. The van der Waals surface area contributed by atoms with Crippen molar-refractivity contribution in [1.82, 2.24) is 0 Å². The number of imide groups is 1. The lowest BCUT2D eigenvalue weighted by molar-refractivity contribution is -0.122. The Hall–Kier alpha value is -2.11. The number of halogens is 1. The third-order valence-electron chi connectivity index (χ3n) is 2.76. The van der Waals surface area contributed by atoms with E-state index in [9.17, 15) is 14.0 Å². The fraction of sp³-hybridized carbons (Fsp3) is 0.429. The molecule has 1 unspecified atom stereocenters. The number of carbonyl (C=O) groups is 2. The summed E-state index contributed by atoms with van der Waals surface area (Å²) in [4.78, 5) is 24.6. The van der Waals surface area contributed by atoms with Crippen molar-refractivity contribution in [1.29, 1.82) is 0 Å². The number of methoxy groups -OCH3 is 1. The highest BCUT2D eigenvalue weighted by atomic mass is 19.1. The molecule has 0 N–H and O–H groups in total. The van der Waals surface area contributed by atoms with Crippen molar-refractivity contribution in [3.8, 4) is 5.75 Å². The van der Waals surface area contributed by atoms with Crippen molar-refractivity contribution in [2.75, 3.05) is 12.0 Å². The van der Waals surface area contributed by atoms with E-state index in [-0.39, 0.29) is 11.3 Å². The molecule has 108 valence electrons. The van der Waals surface area contributed by atoms with Gasteiger partial charge in [0.25, 0.3) is 5.91 Å². The molecule has 0 bridgehead atoms. The minimum atomic E-state index is -1.88. The second-order valence-corrected chi connectivity index (χ2v) is 5.44. The van der Waals surface area contributed by atoms with Crippen molar-refractivity contribution in [2.45, 2.75) is 32.5 Å². The first kappa shape index (κ1) is 14.3. The van der Waals surface area contributed by atoms with Gasteiger partial charge in [-0.3, -0.25) is 4.79 Å². The van der Waals surface area contributed by atoms with E-state index in [1.807, 2.05) is 0 Å². The summed E-state index contributed by atoms with van der Waals surface area (Å²) in [6.07, 6.45) is -2.76. The zero-order valence-electron chi connectivity index (χ0n) is 11.8. The highest BCUT2D eigenvalue weighted by Crippen LogP contribution is 2.40. The Balaban J connectivity index is 2.38. The molecule has 2 amide bonds. The third kappa shape index (κ3) is 2.45. The lowest BCUT2D eigenvalue weighted by Crippen LogP contribution is -2.39. The zero-order valence-corrected chi connectivity index (χ0v) is 11.8. The van der Waals surface area contributed by atoms with Crippen LogP contribution < -0.4 is 9.64 Å². The lowest BCUT2D eigenvalue weighted by Gasteiger charge is -2.23. The molecule has 0 aromatic heterocycles. The van der Waals surface area contributed by atoms with E-state index in [0.717, 1.165) is 4.90 Å². The van der Waals surface area contributed by atoms with Gasteiger partial charge in [0.05, 0.1) is 12.8 Å². The highest BCUT2D eigenvalue weighted by Gasteiger charge is 2.43. The van der Waals surface area contributed by atoms with E-state index in [2.05, 4.69) is 0 Å². The molecule has 0 saturated heterocycles. The van der Waals surface area contributed by atoms with Gasteiger partial charge in [-0.05, 0) is 39.0 Å². The van der Waals surface area contributed by atoms with Crippen LogP contribution in [-0.2, 0) is 9.53 Å². The standard InChI is InChI=1S/C14H16FNO4/c1-14(2,3)20-13(18)16-10-6-5-8(19-4)7-9(10)11(15)12(16)17/h5-7,11H,1-4H3. The summed E-state index contributed by atoms with van der Waals surface area (Å²) in [5.74, 6) is -0.521. The van der Waals surface area contributed by atoms with Gasteiger partial charge in [0.2, 0.25) is 6.17 Å². The van der Waals surface area contributed by atoms with E-state index in [1.54, 1.807) is 26.8 Å². The van der Waals surface area contributed by atoms with Crippen LogP contribution in [0.3, 0.4) is 0 Å². The molecule has 0 saturated carbocycles. The molecule has 0 aliphatic carbocycles. The number of amides is 2. The minimum absolute atomic E-state index is 0.111. The fourth-order valence-electron chi connectivity index (χ4n) is 1.93. The van der Waals surface area contributed by atoms with Crippen molar-refractivity contribution in [3.63, 3.8) is 0 Å². The largest absolute Gasteiger partial charge is 0.497 e. The Morgan fingerprint density at radius 2 is 2.00 bits per heavy atom. The van der Waals surface area contributed by atoms with Gasteiger partial charge in [0.1, 0.15) is 11.4 Å². The monoisotopic (exact) mass is 281 g/mol. The average Bonchev–Trinajstić information content (AvgIpc) is 2.59. The lowest BCUT2D eigenvalue weighted by atomic mass is 10.1. The Bertz CT molecular complexity index is 565. The number of ether oxygens (including phenoxy) is 2. The molecule has 1 heterocycles. The predicted molar refractivity (Wildman–Crippen MR) is 70.6 cm³/mol. The topological polar surface area (TPSA) is 55.8 Å². The summed E-state index contributed by atoms with van der Waals surface area (Å²) >= 11 is 0. The average molecular weight is 281 g/mol. The summed E-state index contributed by atoms with van der Waals surface area (Å²) in [6, 6.07) is 4.43. The number of alkyl halides is 1. The van der Waals surface area contributed by atoms with Crippen LogP contribution in [0.2, 0.25) is 0 Å². The molecule has 0 fully saturated rings. The van der Waals surface area contributed by atoms with Gasteiger partial charge in [0, 0.05) is 5.56 Å². The van der Waals surface area contributed by atoms with Crippen LogP contribution in [-0.4, -0.2) is 24.7 Å². The van der Waals surface area contributed by atoms with Gasteiger partial charge < -0.3 is 9.47 Å². The Kier molecular flexibility index (Phi) is 3.41. The number of fused-ring (bicyclic) bond motifs is 1. The quantitative estimate of drug-likeness (QED) is 0.794. The molecule has 1 aliphatic heterocycles. The van der Waals surface area contributed by atoms with E-state index in [4.69, 9.17) is 9.47 Å². The van der Waals surface area contributed by atoms with E-state index < -0.39 is 23.8 Å². The molecule has 0 radical (unpaired) electrons. The zero-order chi connectivity index (χ0) is 15.1. The molecular formula is C14H16FNO4. The van der Waals surface area contributed by atoms with E-state index in [1.165, 1.54) is 19.2 Å². The smallest absolute Gasteiger partial charge is 0.421 e. The highest BCUT2D eigenvalue weighted by molar-refractivity contribution is 6.18. The first-order chi connectivity index (χ1) is 9.24. The summed E-state index contributed by atoms with van der Waals surface area (Å²) in [6.45, 7) is 5.02. The maximum atomic E-state index is 14.0. The SMILES string of the molecule is COc1ccc2c(c1)C(F)C(=O)N2C(=O)OC(C)(C)C. The number of benzene rings is 1. The van der Waals surface area contributed by atoms with E-state index in [0.29, 0.717) is 5.75 Å². The normalized spacial score (nSPS) is 17.9. The van der Waals surface area contributed by atoms with Gasteiger partial charge in [-0.15, -0.1) is 0 Å². The molecule has 6 heteroatoms. The second kappa shape index (κ2) is 4.77. The molecule has 20 heavy (non-hydrogen) atoms. The van der Waals surface area contributed by atoms with Gasteiger partial charge >= 0.3 is 6.09 Å². The first-order valence-corrected chi connectivity index (χ1v) is 6.13. The molecule has 5 nitrogen and oxygen atoms in total. The maximum Gasteiger partial charge on any atom is 0.421 e. The number of hydrogen-bond acceptors (Lipinski definition) is 4. The maximum absolute atomic E-state index is 14.0. The van der Waals surface area contributed by atoms with Crippen molar-refractivity contribution in [2.24, 2.45) is 0 Å². The molecule has 2 rings (SSSR count). The Morgan fingerprint density at radius 1 is 1.35 bits per heavy atom. The van der Waals surface area contributed by atoms with Crippen LogP contribution in [0.4, 0.5) is 14.9 Å². The number of rotatable bonds is 1.